The van der Waals surface area contributed by atoms with Crippen molar-refractivity contribution in [2.24, 2.45) is 7.05 Å². The molecule has 0 spiro atoms. The number of ketones is 1. The van der Waals surface area contributed by atoms with Gasteiger partial charge in [-0.25, -0.2) is 0 Å². The standard InChI is InChI=1S/C10H10N4O/c1-7-3-4-8(5-11-7)9(15)10-13-12-6-14(10)2/h3-6H,1-2H3. The summed E-state index contributed by atoms with van der Waals surface area (Å²) in [5.41, 5.74) is 1.40. The molecule has 0 amide bonds. The van der Waals surface area contributed by atoms with E-state index in [0.29, 0.717) is 11.4 Å². The van der Waals surface area contributed by atoms with Crippen LogP contribution in [-0.4, -0.2) is 25.5 Å². The van der Waals surface area contributed by atoms with Crippen molar-refractivity contribution in [2.45, 2.75) is 6.92 Å². The molecule has 0 fully saturated rings. The molecule has 0 aliphatic carbocycles. The SMILES string of the molecule is Cc1ccc(C(=O)c2nncn2C)cn1. The lowest BCUT2D eigenvalue weighted by Gasteiger charge is -1.99. The first-order valence-electron chi connectivity index (χ1n) is 4.50. The first-order chi connectivity index (χ1) is 7.18. The van der Waals surface area contributed by atoms with Crippen molar-refractivity contribution in [3.63, 3.8) is 0 Å². The van der Waals surface area contributed by atoms with Gasteiger partial charge in [-0.05, 0) is 19.1 Å². The van der Waals surface area contributed by atoms with Crippen molar-refractivity contribution >= 4 is 5.78 Å². The van der Waals surface area contributed by atoms with Gasteiger partial charge in [0.15, 0.2) is 0 Å². The second-order valence-corrected chi connectivity index (χ2v) is 3.28. The van der Waals surface area contributed by atoms with Gasteiger partial charge >= 0.3 is 0 Å². The van der Waals surface area contributed by atoms with Gasteiger partial charge in [0.25, 0.3) is 0 Å². The molecule has 5 nitrogen and oxygen atoms in total. The smallest absolute Gasteiger partial charge is 0.231 e. The van der Waals surface area contributed by atoms with Gasteiger partial charge < -0.3 is 4.57 Å². The van der Waals surface area contributed by atoms with E-state index >= 15 is 0 Å². The van der Waals surface area contributed by atoms with E-state index in [1.165, 1.54) is 6.33 Å². The lowest BCUT2D eigenvalue weighted by molar-refractivity contribution is 0.102. The topological polar surface area (TPSA) is 60.7 Å². The summed E-state index contributed by atoms with van der Waals surface area (Å²) < 4.78 is 1.59. The van der Waals surface area contributed by atoms with Crippen molar-refractivity contribution < 1.29 is 4.79 Å². The van der Waals surface area contributed by atoms with Crippen LogP contribution in [-0.2, 0) is 7.05 Å². The molecule has 15 heavy (non-hydrogen) atoms. The van der Waals surface area contributed by atoms with E-state index in [0.717, 1.165) is 5.69 Å². The summed E-state index contributed by atoms with van der Waals surface area (Å²) in [6, 6.07) is 3.53. The van der Waals surface area contributed by atoms with Crippen LogP contribution in [0.4, 0.5) is 0 Å². The summed E-state index contributed by atoms with van der Waals surface area (Å²) in [5.74, 6) is 0.156. The number of carbonyl (C=O) groups is 1. The minimum absolute atomic E-state index is 0.164. The number of pyridine rings is 1. The molecule has 2 rings (SSSR count). The number of aryl methyl sites for hydroxylation is 2. The predicted octanol–water partition coefficient (Wildman–Crippen LogP) is 0.750. The van der Waals surface area contributed by atoms with E-state index < -0.39 is 0 Å². The number of aromatic nitrogens is 4. The Morgan fingerprint density at radius 1 is 1.40 bits per heavy atom. The first-order valence-corrected chi connectivity index (χ1v) is 4.50. The summed E-state index contributed by atoms with van der Waals surface area (Å²) in [6.45, 7) is 1.87. The molecule has 0 aromatic carbocycles. The molecule has 0 N–H and O–H groups in total. The molecule has 0 aliphatic rings. The summed E-state index contributed by atoms with van der Waals surface area (Å²) in [6.07, 6.45) is 3.04. The van der Waals surface area contributed by atoms with Crippen LogP contribution in [0.3, 0.4) is 0 Å². The summed E-state index contributed by atoms with van der Waals surface area (Å²) >= 11 is 0. The molecule has 0 bridgehead atoms. The molecule has 0 unspecified atom stereocenters. The molecule has 0 radical (unpaired) electrons. The molecule has 2 heterocycles. The zero-order valence-electron chi connectivity index (χ0n) is 8.51. The Hall–Kier alpha value is -2.04. The van der Waals surface area contributed by atoms with Crippen molar-refractivity contribution in [1.29, 1.82) is 0 Å². The lowest BCUT2D eigenvalue weighted by atomic mass is 10.1. The molecular formula is C10H10N4O. The summed E-state index contributed by atoms with van der Waals surface area (Å²) in [5, 5.41) is 7.41. The van der Waals surface area contributed by atoms with Gasteiger partial charge in [-0.2, -0.15) is 0 Å². The third-order valence-electron chi connectivity index (χ3n) is 2.09. The second-order valence-electron chi connectivity index (χ2n) is 3.28. The van der Waals surface area contributed by atoms with Crippen LogP contribution in [0.15, 0.2) is 24.7 Å². The molecule has 76 valence electrons. The molecular weight excluding hydrogens is 192 g/mol. The van der Waals surface area contributed by atoms with Gasteiger partial charge in [0, 0.05) is 24.5 Å². The molecule has 0 saturated heterocycles. The number of rotatable bonds is 2. The van der Waals surface area contributed by atoms with Crippen LogP contribution in [0.5, 0.6) is 0 Å². The van der Waals surface area contributed by atoms with Crippen LogP contribution in [0, 0.1) is 6.92 Å². The van der Waals surface area contributed by atoms with E-state index in [2.05, 4.69) is 15.2 Å². The number of hydrogen-bond acceptors (Lipinski definition) is 4. The van der Waals surface area contributed by atoms with Gasteiger partial charge in [-0.3, -0.25) is 9.78 Å². The minimum atomic E-state index is -0.164. The summed E-state index contributed by atoms with van der Waals surface area (Å²) in [7, 11) is 1.73. The normalized spacial score (nSPS) is 10.3. The van der Waals surface area contributed by atoms with Crippen LogP contribution in [0.1, 0.15) is 21.9 Å². The second kappa shape index (κ2) is 3.61. The highest BCUT2D eigenvalue weighted by molar-refractivity contribution is 6.06. The molecule has 2 aromatic rings. The van der Waals surface area contributed by atoms with E-state index in [1.54, 1.807) is 29.9 Å². The lowest BCUT2D eigenvalue weighted by Crippen LogP contribution is -2.09. The van der Waals surface area contributed by atoms with Gasteiger partial charge in [0.2, 0.25) is 11.6 Å². The summed E-state index contributed by atoms with van der Waals surface area (Å²) in [4.78, 5) is 15.9. The largest absolute Gasteiger partial charge is 0.314 e. The van der Waals surface area contributed by atoms with E-state index in [1.807, 2.05) is 6.92 Å². The van der Waals surface area contributed by atoms with Crippen molar-refractivity contribution in [3.05, 3.63) is 41.7 Å². The van der Waals surface area contributed by atoms with Crippen LogP contribution < -0.4 is 0 Å². The van der Waals surface area contributed by atoms with Gasteiger partial charge in [0.1, 0.15) is 6.33 Å². The molecule has 0 aliphatic heterocycles. The third-order valence-corrected chi connectivity index (χ3v) is 2.09. The van der Waals surface area contributed by atoms with Gasteiger partial charge in [0.05, 0.1) is 0 Å². The monoisotopic (exact) mass is 202 g/mol. The van der Waals surface area contributed by atoms with Gasteiger partial charge in [-0.1, -0.05) is 0 Å². The number of hydrogen-bond donors (Lipinski definition) is 0. The molecule has 0 saturated carbocycles. The van der Waals surface area contributed by atoms with Crippen molar-refractivity contribution in [2.75, 3.05) is 0 Å². The fraction of sp³-hybridized carbons (Fsp3) is 0.200. The predicted molar refractivity (Wildman–Crippen MR) is 53.4 cm³/mol. The number of nitrogens with zero attached hydrogens (tertiary/aromatic N) is 4. The van der Waals surface area contributed by atoms with E-state index in [-0.39, 0.29) is 5.78 Å². The van der Waals surface area contributed by atoms with Crippen LogP contribution >= 0.6 is 0 Å². The highest BCUT2D eigenvalue weighted by Crippen LogP contribution is 2.05. The quantitative estimate of drug-likeness (QED) is 0.674. The Labute approximate surface area is 86.8 Å². The van der Waals surface area contributed by atoms with Crippen molar-refractivity contribution in [1.82, 2.24) is 19.7 Å². The van der Waals surface area contributed by atoms with Crippen LogP contribution in [0.25, 0.3) is 0 Å². The minimum Gasteiger partial charge on any atom is -0.314 e. The Balaban J connectivity index is 2.37. The highest BCUT2D eigenvalue weighted by atomic mass is 16.1. The van der Waals surface area contributed by atoms with E-state index in [9.17, 15) is 4.79 Å². The third kappa shape index (κ3) is 1.76. The Morgan fingerprint density at radius 2 is 2.20 bits per heavy atom. The zero-order chi connectivity index (χ0) is 10.8. The average molecular weight is 202 g/mol. The maximum Gasteiger partial charge on any atom is 0.231 e. The Morgan fingerprint density at radius 3 is 2.73 bits per heavy atom. The maximum atomic E-state index is 11.9. The maximum absolute atomic E-state index is 11.9. The number of carbonyl (C=O) groups excluding carboxylic acids is 1. The molecule has 5 heteroatoms. The highest BCUT2D eigenvalue weighted by Gasteiger charge is 2.14. The zero-order valence-corrected chi connectivity index (χ0v) is 8.51. The first kappa shape index (κ1) is 9.51. The average Bonchev–Trinajstić information content (AvgIpc) is 2.65. The molecule has 0 atom stereocenters. The van der Waals surface area contributed by atoms with Gasteiger partial charge in [-0.15, -0.1) is 10.2 Å². The Bertz CT molecular complexity index is 486. The van der Waals surface area contributed by atoms with Crippen molar-refractivity contribution in [3.8, 4) is 0 Å². The van der Waals surface area contributed by atoms with Crippen LogP contribution in [0.2, 0.25) is 0 Å². The fourth-order valence-electron chi connectivity index (χ4n) is 1.22. The Kier molecular flexibility index (Phi) is 2.29. The van der Waals surface area contributed by atoms with E-state index in [4.69, 9.17) is 0 Å². The molecule has 2 aromatic heterocycles. The fourth-order valence-corrected chi connectivity index (χ4v) is 1.22.